The minimum absolute atomic E-state index is 0.655. The lowest BCUT2D eigenvalue weighted by Gasteiger charge is -2.33. The van der Waals surface area contributed by atoms with Crippen molar-refractivity contribution in [2.45, 2.75) is 64.4 Å². The highest BCUT2D eigenvalue weighted by Crippen LogP contribution is 2.33. The number of amides is 2. The van der Waals surface area contributed by atoms with Gasteiger partial charge in [0.2, 0.25) is 5.91 Å². The number of hydrogen-bond acceptors (Lipinski definition) is 5. The maximum atomic E-state index is 13.2. The zero-order valence-corrected chi connectivity index (χ0v) is 14.5. The van der Waals surface area contributed by atoms with E-state index in [4.69, 9.17) is 4.74 Å². The number of rotatable bonds is 5. The summed E-state index contributed by atoms with van der Waals surface area (Å²) in [5.74, 6) is -2.26. The summed E-state index contributed by atoms with van der Waals surface area (Å²) in [5.41, 5.74) is -3.66. The minimum Gasteiger partial charge on any atom is -0.469 e. The number of esters is 1. The third-order valence-electron chi connectivity index (χ3n) is 2.88. The van der Waals surface area contributed by atoms with E-state index in [1.54, 1.807) is 26.1 Å². The van der Waals surface area contributed by atoms with Crippen molar-refractivity contribution in [2.75, 3.05) is 7.11 Å². The summed E-state index contributed by atoms with van der Waals surface area (Å²) in [7, 11) is 0.938. The Morgan fingerprint density at radius 2 is 1.58 bits per heavy atom. The summed E-state index contributed by atoms with van der Waals surface area (Å²) in [5, 5.41) is 3.85. The van der Waals surface area contributed by atoms with Crippen molar-refractivity contribution in [2.24, 2.45) is 0 Å². The van der Waals surface area contributed by atoms with Crippen LogP contribution < -0.4 is 10.6 Å². The molecule has 24 heavy (non-hydrogen) atoms. The predicted octanol–water partition coefficient (Wildman–Crippen LogP) is 1.90. The molecule has 0 aromatic rings. The fourth-order valence-corrected chi connectivity index (χ4v) is 1.51. The van der Waals surface area contributed by atoms with Gasteiger partial charge in [0.1, 0.15) is 17.2 Å². The minimum atomic E-state index is -4.90. The van der Waals surface area contributed by atoms with Gasteiger partial charge in [0.15, 0.2) is 0 Å². The van der Waals surface area contributed by atoms with Crippen LogP contribution in [0.15, 0.2) is 0 Å². The van der Waals surface area contributed by atoms with E-state index in [9.17, 15) is 27.6 Å². The van der Waals surface area contributed by atoms with Gasteiger partial charge in [0, 0.05) is 0 Å². The van der Waals surface area contributed by atoms with E-state index in [2.05, 4.69) is 10.1 Å². The van der Waals surface area contributed by atoms with Crippen LogP contribution in [0.3, 0.4) is 0 Å². The monoisotopic (exact) mass is 356 g/mol. The number of ether oxygens (including phenoxy) is 2. The highest BCUT2D eigenvalue weighted by Gasteiger charge is 2.54. The first-order valence-corrected chi connectivity index (χ1v) is 7.06. The second-order valence-electron chi connectivity index (χ2n) is 6.44. The maximum absolute atomic E-state index is 13.2. The third kappa shape index (κ3) is 7.05. The molecule has 2 atom stereocenters. The van der Waals surface area contributed by atoms with Gasteiger partial charge in [-0.15, -0.1) is 0 Å². The van der Waals surface area contributed by atoms with Gasteiger partial charge in [0.25, 0.3) is 0 Å². The quantitative estimate of drug-likeness (QED) is 0.734. The van der Waals surface area contributed by atoms with Gasteiger partial charge in [-0.2, -0.15) is 13.2 Å². The zero-order valence-electron chi connectivity index (χ0n) is 14.5. The van der Waals surface area contributed by atoms with Gasteiger partial charge in [-0.05, 0) is 34.6 Å². The Bertz CT molecular complexity index is 488. The molecule has 0 saturated carbocycles. The van der Waals surface area contributed by atoms with Crippen molar-refractivity contribution >= 4 is 18.0 Å². The molecule has 0 saturated heterocycles. The second-order valence-corrected chi connectivity index (χ2v) is 6.44. The molecule has 0 rings (SSSR count). The summed E-state index contributed by atoms with van der Waals surface area (Å²) in [4.78, 5) is 34.7. The van der Waals surface area contributed by atoms with Crippen LogP contribution in [0.25, 0.3) is 0 Å². The molecule has 0 heterocycles. The average Bonchev–Trinajstić information content (AvgIpc) is 2.34. The van der Waals surface area contributed by atoms with Crippen LogP contribution in [0.2, 0.25) is 0 Å². The first-order valence-electron chi connectivity index (χ1n) is 7.06. The number of carbonyl (C=O) groups is 3. The molecule has 0 aliphatic carbocycles. The van der Waals surface area contributed by atoms with Crippen molar-refractivity contribution in [3.05, 3.63) is 0 Å². The van der Waals surface area contributed by atoms with Crippen molar-refractivity contribution < 1.29 is 37.0 Å². The Morgan fingerprint density at radius 1 is 1.08 bits per heavy atom. The lowest BCUT2D eigenvalue weighted by atomic mass is 9.96. The predicted molar refractivity (Wildman–Crippen MR) is 78.1 cm³/mol. The van der Waals surface area contributed by atoms with Crippen LogP contribution in [0, 0.1) is 0 Å². The fourth-order valence-electron chi connectivity index (χ4n) is 1.51. The SMILES string of the molecule is COC(=O)C[C@](C)(NC(=O)[C@H](C)NC(=O)OC(C)(C)C)C(F)(F)F. The van der Waals surface area contributed by atoms with E-state index in [1.807, 2.05) is 0 Å². The highest BCUT2D eigenvalue weighted by molar-refractivity contribution is 5.86. The molecule has 2 N–H and O–H groups in total. The maximum Gasteiger partial charge on any atom is 0.411 e. The summed E-state index contributed by atoms with van der Waals surface area (Å²) >= 11 is 0. The van der Waals surface area contributed by atoms with Crippen molar-refractivity contribution in [1.82, 2.24) is 10.6 Å². The molecule has 0 aliphatic rings. The molecule has 0 fully saturated rings. The third-order valence-corrected chi connectivity index (χ3v) is 2.88. The molecule has 0 aromatic carbocycles. The average molecular weight is 356 g/mol. The molecular weight excluding hydrogens is 333 g/mol. The van der Waals surface area contributed by atoms with Crippen molar-refractivity contribution in [1.29, 1.82) is 0 Å². The van der Waals surface area contributed by atoms with Crippen LogP contribution in [-0.2, 0) is 19.1 Å². The van der Waals surface area contributed by atoms with Crippen LogP contribution in [0.4, 0.5) is 18.0 Å². The molecule has 0 aromatic heterocycles. The Morgan fingerprint density at radius 3 is 1.96 bits per heavy atom. The largest absolute Gasteiger partial charge is 0.469 e. The van der Waals surface area contributed by atoms with Crippen LogP contribution >= 0.6 is 0 Å². The lowest BCUT2D eigenvalue weighted by Crippen LogP contribution is -2.61. The first kappa shape index (κ1) is 22.0. The van der Waals surface area contributed by atoms with Gasteiger partial charge in [-0.1, -0.05) is 0 Å². The summed E-state index contributed by atoms with van der Waals surface area (Å²) in [6.07, 6.45) is -6.95. The summed E-state index contributed by atoms with van der Waals surface area (Å²) < 4.78 is 48.7. The van der Waals surface area contributed by atoms with Crippen LogP contribution in [0.5, 0.6) is 0 Å². The van der Waals surface area contributed by atoms with E-state index >= 15 is 0 Å². The van der Waals surface area contributed by atoms with E-state index in [0.717, 1.165) is 7.11 Å². The molecule has 0 aliphatic heterocycles. The number of alkyl carbamates (subject to hydrolysis) is 1. The fraction of sp³-hybridized carbons (Fsp3) is 0.786. The molecule has 7 nitrogen and oxygen atoms in total. The van der Waals surface area contributed by atoms with E-state index in [1.165, 1.54) is 6.92 Å². The van der Waals surface area contributed by atoms with Crippen molar-refractivity contribution in [3.8, 4) is 0 Å². The normalized spacial score (nSPS) is 15.7. The van der Waals surface area contributed by atoms with Crippen LogP contribution in [0.1, 0.15) is 41.0 Å². The number of alkyl halides is 3. The molecule has 0 bridgehead atoms. The molecule has 0 spiro atoms. The zero-order chi connectivity index (χ0) is 19.3. The number of halogens is 3. The molecular formula is C14H23F3N2O5. The van der Waals surface area contributed by atoms with E-state index in [0.29, 0.717) is 6.92 Å². The van der Waals surface area contributed by atoms with Gasteiger partial charge < -0.3 is 20.1 Å². The molecule has 2 amide bonds. The Balaban J connectivity index is 5.00. The van der Waals surface area contributed by atoms with E-state index < -0.39 is 47.7 Å². The number of carbonyl (C=O) groups excluding carboxylic acids is 3. The number of hydrogen-bond donors (Lipinski definition) is 2. The molecule has 140 valence electrons. The van der Waals surface area contributed by atoms with Crippen LogP contribution in [-0.4, -0.2) is 48.4 Å². The van der Waals surface area contributed by atoms with Gasteiger partial charge in [0.05, 0.1) is 13.5 Å². The van der Waals surface area contributed by atoms with Gasteiger partial charge in [-0.3, -0.25) is 9.59 Å². The standard InChI is InChI=1S/C14H23F3N2O5/c1-8(18-11(22)24-12(2,3)4)10(21)19-13(5,14(15,16)17)7-9(20)23-6/h8H,7H2,1-6H3,(H,18,22)(H,19,21)/t8-,13-/m0/s1. The Hall–Kier alpha value is -2.00. The number of methoxy groups -OCH3 is 1. The molecule has 10 heteroatoms. The molecule has 0 unspecified atom stereocenters. The highest BCUT2D eigenvalue weighted by atomic mass is 19.4. The van der Waals surface area contributed by atoms with Gasteiger partial charge >= 0.3 is 18.2 Å². The molecule has 0 radical (unpaired) electrons. The Kier molecular flexibility index (Phi) is 7.07. The van der Waals surface area contributed by atoms with E-state index in [-0.39, 0.29) is 0 Å². The first-order chi connectivity index (χ1) is 10.6. The smallest absolute Gasteiger partial charge is 0.411 e. The van der Waals surface area contributed by atoms with Gasteiger partial charge in [-0.25, -0.2) is 4.79 Å². The summed E-state index contributed by atoms with van der Waals surface area (Å²) in [6.45, 7) is 6.62. The number of nitrogens with one attached hydrogen (secondary N) is 2. The summed E-state index contributed by atoms with van der Waals surface area (Å²) in [6, 6.07) is -1.31. The second kappa shape index (κ2) is 7.71. The van der Waals surface area contributed by atoms with Crippen molar-refractivity contribution in [3.63, 3.8) is 0 Å². The topological polar surface area (TPSA) is 93.7 Å². The lowest BCUT2D eigenvalue weighted by molar-refractivity contribution is -0.200. The Labute approximate surface area is 138 Å².